The monoisotopic (exact) mass is 320 g/mol. The molecular weight excluding hydrogens is 292 g/mol. The molecule has 2 atom stereocenters. The third-order valence-electron chi connectivity index (χ3n) is 3.95. The predicted molar refractivity (Wildman–Crippen MR) is 90.6 cm³/mol. The van der Waals surface area contributed by atoms with Crippen molar-refractivity contribution in [2.24, 2.45) is 0 Å². The molecule has 5 nitrogen and oxygen atoms in total. The van der Waals surface area contributed by atoms with Gasteiger partial charge in [-0.2, -0.15) is 0 Å². The Balaban J connectivity index is 1.82. The fourth-order valence-electron chi connectivity index (χ4n) is 2.83. The molecule has 2 rings (SSSR count). The highest BCUT2D eigenvalue weighted by atomic mass is 16.6. The van der Waals surface area contributed by atoms with Crippen molar-refractivity contribution in [3.05, 3.63) is 29.8 Å². The van der Waals surface area contributed by atoms with Crippen LogP contribution >= 0.6 is 0 Å². The quantitative estimate of drug-likeness (QED) is 0.874. The molecule has 2 N–H and O–H groups in total. The lowest BCUT2D eigenvalue weighted by atomic mass is 10.1. The van der Waals surface area contributed by atoms with Crippen molar-refractivity contribution in [2.75, 3.05) is 7.11 Å². The van der Waals surface area contributed by atoms with Crippen LogP contribution in [0.2, 0.25) is 0 Å². The second-order valence-electron chi connectivity index (χ2n) is 7.02. The molecule has 1 amide bonds. The fraction of sp³-hybridized carbons (Fsp3) is 0.611. The van der Waals surface area contributed by atoms with Gasteiger partial charge in [-0.3, -0.25) is 0 Å². The molecule has 1 aromatic carbocycles. The van der Waals surface area contributed by atoms with E-state index in [-0.39, 0.29) is 18.2 Å². The highest BCUT2D eigenvalue weighted by molar-refractivity contribution is 5.68. The number of nitrogens with one attached hydrogen (secondary N) is 2. The summed E-state index contributed by atoms with van der Waals surface area (Å²) in [6, 6.07) is 8.44. The topological polar surface area (TPSA) is 59.6 Å². The summed E-state index contributed by atoms with van der Waals surface area (Å²) < 4.78 is 10.5. The minimum absolute atomic E-state index is 0.128. The van der Waals surface area contributed by atoms with Gasteiger partial charge in [-0.05, 0) is 57.7 Å². The predicted octanol–water partition coefficient (Wildman–Crippen LogP) is 3.23. The number of alkyl carbamates (subject to hydrolysis) is 1. The van der Waals surface area contributed by atoms with Crippen LogP contribution in [0.15, 0.2) is 24.3 Å². The van der Waals surface area contributed by atoms with Gasteiger partial charge in [-0.25, -0.2) is 4.79 Å². The number of hydrogen-bond donors (Lipinski definition) is 2. The summed E-state index contributed by atoms with van der Waals surface area (Å²) in [6.07, 6.45) is 2.83. The number of carbonyl (C=O) groups is 1. The number of hydrogen-bond acceptors (Lipinski definition) is 4. The first-order valence-corrected chi connectivity index (χ1v) is 8.23. The van der Waals surface area contributed by atoms with Gasteiger partial charge in [-0.1, -0.05) is 12.1 Å². The second-order valence-corrected chi connectivity index (χ2v) is 7.02. The minimum Gasteiger partial charge on any atom is -0.497 e. The summed E-state index contributed by atoms with van der Waals surface area (Å²) in [5, 5.41) is 6.54. The van der Waals surface area contributed by atoms with Gasteiger partial charge in [0.15, 0.2) is 0 Å². The highest BCUT2D eigenvalue weighted by Gasteiger charge is 2.29. The molecule has 5 heteroatoms. The first-order chi connectivity index (χ1) is 10.9. The zero-order chi connectivity index (χ0) is 16.9. The lowest BCUT2D eigenvalue weighted by Gasteiger charge is -2.25. The third-order valence-corrected chi connectivity index (χ3v) is 3.95. The van der Waals surface area contributed by atoms with Gasteiger partial charge in [0, 0.05) is 18.6 Å². The van der Waals surface area contributed by atoms with Crippen LogP contribution < -0.4 is 15.4 Å². The van der Waals surface area contributed by atoms with E-state index >= 15 is 0 Å². The SMILES string of the molecule is COc1ccc(CNC2CCCC2NC(=O)OC(C)(C)C)cc1. The highest BCUT2D eigenvalue weighted by Crippen LogP contribution is 2.21. The number of benzene rings is 1. The van der Waals surface area contributed by atoms with Crippen molar-refractivity contribution < 1.29 is 14.3 Å². The fourth-order valence-corrected chi connectivity index (χ4v) is 2.83. The molecule has 0 aromatic heterocycles. The van der Waals surface area contributed by atoms with Gasteiger partial charge in [0.25, 0.3) is 0 Å². The van der Waals surface area contributed by atoms with Gasteiger partial charge in [0.2, 0.25) is 0 Å². The Kier molecular flexibility index (Phi) is 5.88. The summed E-state index contributed by atoms with van der Waals surface area (Å²) >= 11 is 0. The number of amides is 1. The van der Waals surface area contributed by atoms with Crippen LogP contribution in [0.5, 0.6) is 5.75 Å². The lowest BCUT2D eigenvalue weighted by molar-refractivity contribution is 0.0498. The summed E-state index contributed by atoms with van der Waals surface area (Å²) in [5.74, 6) is 0.860. The van der Waals surface area contributed by atoms with Crippen molar-refractivity contribution in [3.8, 4) is 5.75 Å². The largest absolute Gasteiger partial charge is 0.497 e. The Morgan fingerprint density at radius 1 is 1.17 bits per heavy atom. The Hall–Kier alpha value is -1.75. The van der Waals surface area contributed by atoms with Crippen LogP contribution in [-0.4, -0.2) is 30.9 Å². The van der Waals surface area contributed by atoms with Crippen LogP contribution in [-0.2, 0) is 11.3 Å². The van der Waals surface area contributed by atoms with E-state index < -0.39 is 5.60 Å². The molecule has 0 bridgehead atoms. The summed E-state index contributed by atoms with van der Waals surface area (Å²) in [7, 11) is 1.67. The van der Waals surface area contributed by atoms with E-state index in [0.717, 1.165) is 31.6 Å². The second kappa shape index (κ2) is 7.68. The van der Waals surface area contributed by atoms with Crippen LogP contribution in [0.1, 0.15) is 45.6 Å². The van der Waals surface area contributed by atoms with E-state index in [0.29, 0.717) is 0 Å². The molecule has 2 unspecified atom stereocenters. The van der Waals surface area contributed by atoms with Gasteiger partial charge in [0.05, 0.1) is 7.11 Å². The molecule has 1 fully saturated rings. The van der Waals surface area contributed by atoms with Crippen LogP contribution in [0.25, 0.3) is 0 Å². The maximum absolute atomic E-state index is 11.9. The first-order valence-electron chi connectivity index (χ1n) is 8.23. The van der Waals surface area contributed by atoms with Crippen molar-refractivity contribution in [3.63, 3.8) is 0 Å². The van der Waals surface area contributed by atoms with E-state index in [2.05, 4.69) is 22.8 Å². The number of methoxy groups -OCH3 is 1. The average Bonchev–Trinajstić information content (AvgIpc) is 2.90. The maximum atomic E-state index is 11.9. The molecule has 23 heavy (non-hydrogen) atoms. The molecule has 0 saturated heterocycles. The van der Waals surface area contributed by atoms with E-state index in [1.807, 2.05) is 32.9 Å². The van der Waals surface area contributed by atoms with Gasteiger partial charge >= 0.3 is 6.09 Å². The molecule has 0 heterocycles. The molecule has 1 aromatic rings. The zero-order valence-electron chi connectivity index (χ0n) is 14.5. The van der Waals surface area contributed by atoms with E-state index in [1.54, 1.807) is 7.11 Å². The van der Waals surface area contributed by atoms with Gasteiger partial charge in [0.1, 0.15) is 11.4 Å². The molecule has 1 aliphatic carbocycles. The van der Waals surface area contributed by atoms with E-state index in [9.17, 15) is 4.79 Å². The molecule has 128 valence electrons. The standard InChI is InChI=1S/C18H28N2O3/c1-18(2,3)23-17(21)20-16-7-5-6-15(16)19-12-13-8-10-14(22-4)11-9-13/h8-11,15-16,19H,5-7,12H2,1-4H3,(H,20,21). The van der Waals surface area contributed by atoms with Crippen LogP contribution in [0.3, 0.4) is 0 Å². The molecule has 1 aliphatic rings. The Bertz CT molecular complexity index is 508. The summed E-state index contributed by atoms with van der Waals surface area (Å²) in [5.41, 5.74) is 0.739. The van der Waals surface area contributed by atoms with Crippen LogP contribution in [0.4, 0.5) is 4.79 Å². The zero-order valence-corrected chi connectivity index (χ0v) is 14.5. The maximum Gasteiger partial charge on any atom is 0.407 e. The lowest BCUT2D eigenvalue weighted by Crippen LogP contribution is -2.47. The Morgan fingerprint density at radius 3 is 2.43 bits per heavy atom. The van der Waals surface area contributed by atoms with Crippen molar-refractivity contribution in [2.45, 2.75) is 64.3 Å². The molecular formula is C18H28N2O3. The molecule has 1 saturated carbocycles. The smallest absolute Gasteiger partial charge is 0.407 e. The van der Waals surface area contributed by atoms with Crippen molar-refractivity contribution in [1.29, 1.82) is 0 Å². The third kappa shape index (κ3) is 5.75. The Morgan fingerprint density at radius 2 is 1.83 bits per heavy atom. The normalized spacial score (nSPS) is 21.0. The van der Waals surface area contributed by atoms with Gasteiger partial charge < -0.3 is 20.1 Å². The number of ether oxygens (including phenoxy) is 2. The van der Waals surface area contributed by atoms with Crippen LogP contribution in [0, 0.1) is 0 Å². The number of rotatable bonds is 5. The summed E-state index contributed by atoms with van der Waals surface area (Å²) in [6.45, 7) is 6.41. The Labute approximate surface area is 138 Å². The first kappa shape index (κ1) is 17.6. The molecule has 0 radical (unpaired) electrons. The molecule has 0 aliphatic heterocycles. The van der Waals surface area contributed by atoms with E-state index in [1.165, 1.54) is 5.56 Å². The van der Waals surface area contributed by atoms with Crippen molar-refractivity contribution in [1.82, 2.24) is 10.6 Å². The van der Waals surface area contributed by atoms with E-state index in [4.69, 9.17) is 9.47 Å². The number of carbonyl (C=O) groups excluding carboxylic acids is 1. The van der Waals surface area contributed by atoms with Crippen molar-refractivity contribution >= 4 is 6.09 Å². The van der Waals surface area contributed by atoms with Gasteiger partial charge in [-0.15, -0.1) is 0 Å². The molecule has 0 spiro atoms. The minimum atomic E-state index is -0.464. The average molecular weight is 320 g/mol. The summed E-state index contributed by atoms with van der Waals surface area (Å²) in [4.78, 5) is 11.9.